The van der Waals surface area contributed by atoms with E-state index in [1.54, 1.807) is 7.11 Å². The Morgan fingerprint density at radius 1 is 1.22 bits per heavy atom. The standard InChI is InChI=1S/C14H21ClN2O/c1-18-14(9-3-2-4-10-14)13(17-16)11-5-7-12(15)8-6-11/h5-8,13,17H,2-4,9-10,16H2,1H3. The quantitative estimate of drug-likeness (QED) is 0.651. The van der Waals surface area contributed by atoms with Gasteiger partial charge < -0.3 is 4.74 Å². The van der Waals surface area contributed by atoms with E-state index in [9.17, 15) is 0 Å². The molecule has 0 amide bonds. The van der Waals surface area contributed by atoms with Crippen LogP contribution in [-0.2, 0) is 4.74 Å². The molecule has 1 aliphatic carbocycles. The lowest BCUT2D eigenvalue weighted by Gasteiger charge is -2.42. The molecule has 0 aromatic heterocycles. The fourth-order valence-electron chi connectivity index (χ4n) is 2.97. The van der Waals surface area contributed by atoms with Gasteiger partial charge in [-0.15, -0.1) is 0 Å². The van der Waals surface area contributed by atoms with E-state index in [-0.39, 0.29) is 11.6 Å². The average Bonchev–Trinajstić information content (AvgIpc) is 2.43. The minimum Gasteiger partial charge on any atom is -0.376 e. The van der Waals surface area contributed by atoms with Gasteiger partial charge in [0.05, 0.1) is 11.6 Å². The number of hydrogen-bond donors (Lipinski definition) is 2. The number of halogens is 1. The highest BCUT2D eigenvalue weighted by atomic mass is 35.5. The van der Waals surface area contributed by atoms with Crippen LogP contribution in [0.3, 0.4) is 0 Å². The van der Waals surface area contributed by atoms with Gasteiger partial charge in [0.15, 0.2) is 0 Å². The summed E-state index contributed by atoms with van der Waals surface area (Å²) in [7, 11) is 1.78. The normalized spacial score (nSPS) is 20.6. The zero-order chi connectivity index (χ0) is 13.0. The monoisotopic (exact) mass is 268 g/mol. The summed E-state index contributed by atoms with van der Waals surface area (Å²) in [6.07, 6.45) is 5.75. The SMILES string of the molecule is COC1(C(NN)c2ccc(Cl)cc2)CCCCC1. The lowest BCUT2D eigenvalue weighted by Crippen LogP contribution is -2.49. The zero-order valence-corrected chi connectivity index (χ0v) is 11.5. The van der Waals surface area contributed by atoms with E-state index in [4.69, 9.17) is 22.2 Å². The maximum atomic E-state index is 5.93. The summed E-state index contributed by atoms with van der Waals surface area (Å²) in [5.41, 5.74) is 3.87. The van der Waals surface area contributed by atoms with Crippen LogP contribution in [0.4, 0.5) is 0 Å². The van der Waals surface area contributed by atoms with Gasteiger partial charge in [0.2, 0.25) is 0 Å². The lowest BCUT2D eigenvalue weighted by atomic mass is 9.77. The predicted molar refractivity (Wildman–Crippen MR) is 74.3 cm³/mol. The second kappa shape index (κ2) is 6.02. The van der Waals surface area contributed by atoms with Crippen LogP contribution in [0, 0.1) is 0 Å². The van der Waals surface area contributed by atoms with Gasteiger partial charge in [0.1, 0.15) is 0 Å². The van der Waals surface area contributed by atoms with Crippen molar-refractivity contribution in [3.8, 4) is 0 Å². The molecule has 1 saturated carbocycles. The second-order valence-electron chi connectivity index (χ2n) is 4.98. The van der Waals surface area contributed by atoms with Crippen molar-refractivity contribution in [2.75, 3.05) is 7.11 Å². The fraction of sp³-hybridized carbons (Fsp3) is 0.571. The lowest BCUT2D eigenvalue weighted by molar-refractivity contribution is -0.0688. The largest absolute Gasteiger partial charge is 0.376 e. The summed E-state index contributed by atoms with van der Waals surface area (Å²) in [4.78, 5) is 0. The molecule has 1 aromatic rings. The molecule has 100 valence electrons. The predicted octanol–water partition coefficient (Wildman–Crippen LogP) is 3.19. The number of hydrogen-bond acceptors (Lipinski definition) is 3. The molecule has 0 spiro atoms. The van der Waals surface area contributed by atoms with Gasteiger partial charge in [-0.3, -0.25) is 11.3 Å². The van der Waals surface area contributed by atoms with Crippen LogP contribution in [-0.4, -0.2) is 12.7 Å². The van der Waals surface area contributed by atoms with Crippen molar-refractivity contribution in [1.82, 2.24) is 5.43 Å². The summed E-state index contributed by atoms with van der Waals surface area (Å²) in [5.74, 6) is 5.77. The highest BCUT2D eigenvalue weighted by molar-refractivity contribution is 6.30. The Balaban J connectivity index is 2.27. The Morgan fingerprint density at radius 3 is 2.33 bits per heavy atom. The van der Waals surface area contributed by atoms with Gasteiger partial charge in [-0.25, -0.2) is 0 Å². The highest BCUT2D eigenvalue weighted by Crippen LogP contribution is 2.40. The third-order valence-corrected chi connectivity index (χ3v) is 4.25. The molecule has 0 bridgehead atoms. The van der Waals surface area contributed by atoms with Gasteiger partial charge in [-0.1, -0.05) is 43.0 Å². The van der Waals surface area contributed by atoms with E-state index in [1.165, 1.54) is 19.3 Å². The number of ether oxygens (including phenoxy) is 1. The van der Waals surface area contributed by atoms with Gasteiger partial charge in [-0.2, -0.15) is 0 Å². The molecule has 0 saturated heterocycles. The topological polar surface area (TPSA) is 47.3 Å². The van der Waals surface area contributed by atoms with Crippen molar-refractivity contribution in [2.24, 2.45) is 5.84 Å². The Kier molecular flexibility index (Phi) is 4.62. The van der Waals surface area contributed by atoms with E-state index in [0.29, 0.717) is 0 Å². The molecule has 1 aromatic carbocycles. The average molecular weight is 269 g/mol. The third kappa shape index (κ3) is 2.69. The zero-order valence-electron chi connectivity index (χ0n) is 10.8. The first-order chi connectivity index (χ1) is 8.72. The van der Waals surface area contributed by atoms with Crippen LogP contribution in [0.2, 0.25) is 5.02 Å². The van der Waals surface area contributed by atoms with Crippen LogP contribution >= 0.6 is 11.6 Å². The number of benzene rings is 1. The van der Waals surface area contributed by atoms with Crippen LogP contribution in [0.25, 0.3) is 0 Å². The van der Waals surface area contributed by atoms with E-state index in [0.717, 1.165) is 23.4 Å². The fourth-order valence-corrected chi connectivity index (χ4v) is 3.09. The van der Waals surface area contributed by atoms with Crippen LogP contribution in [0.15, 0.2) is 24.3 Å². The van der Waals surface area contributed by atoms with Crippen molar-refractivity contribution in [2.45, 2.75) is 43.7 Å². The van der Waals surface area contributed by atoms with Crippen LogP contribution in [0.1, 0.15) is 43.7 Å². The summed E-state index contributed by atoms with van der Waals surface area (Å²) in [6, 6.07) is 7.84. The molecule has 1 aliphatic rings. The van der Waals surface area contributed by atoms with E-state index < -0.39 is 0 Å². The molecule has 1 unspecified atom stereocenters. The first-order valence-corrected chi connectivity index (χ1v) is 6.86. The van der Waals surface area contributed by atoms with Gasteiger partial charge in [0.25, 0.3) is 0 Å². The van der Waals surface area contributed by atoms with Crippen molar-refractivity contribution < 1.29 is 4.74 Å². The second-order valence-corrected chi connectivity index (χ2v) is 5.42. The highest BCUT2D eigenvalue weighted by Gasteiger charge is 2.40. The van der Waals surface area contributed by atoms with Crippen molar-refractivity contribution >= 4 is 11.6 Å². The van der Waals surface area contributed by atoms with Gasteiger partial charge >= 0.3 is 0 Å². The summed E-state index contributed by atoms with van der Waals surface area (Å²) < 4.78 is 5.84. The summed E-state index contributed by atoms with van der Waals surface area (Å²) in [6.45, 7) is 0. The molecular formula is C14H21ClN2O. The number of nitrogens with one attached hydrogen (secondary N) is 1. The van der Waals surface area contributed by atoms with Crippen LogP contribution in [0.5, 0.6) is 0 Å². The number of methoxy groups -OCH3 is 1. The molecule has 3 N–H and O–H groups in total. The molecule has 3 nitrogen and oxygen atoms in total. The molecule has 1 fully saturated rings. The van der Waals surface area contributed by atoms with E-state index in [2.05, 4.69) is 5.43 Å². The van der Waals surface area contributed by atoms with Crippen molar-refractivity contribution in [1.29, 1.82) is 0 Å². The van der Waals surface area contributed by atoms with Crippen molar-refractivity contribution in [3.05, 3.63) is 34.9 Å². The maximum Gasteiger partial charge on any atom is 0.0885 e. The molecule has 4 heteroatoms. The molecule has 0 radical (unpaired) electrons. The van der Waals surface area contributed by atoms with Gasteiger partial charge in [-0.05, 0) is 30.5 Å². The first-order valence-electron chi connectivity index (χ1n) is 6.48. The Bertz CT molecular complexity index is 374. The maximum absolute atomic E-state index is 5.93. The minimum absolute atomic E-state index is 0.0140. The first kappa shape index (κ1) is 13.8. The summed E-state index contributed by atoms with van der Waals surface area (Å²) >= 11 is 5.93. The third-order valence-electron chi connectivity index (χ3n) is 4.00. The number of nitrogens with two attached hydrogens (primary N) is 1. The van der Waals surface area contributed by atoms with Crippen LogP contribution < -0.4 is 11.3 Å². The van der Waals surface area contributed by atoms with Gasteiger partial charge in [0, 0.05) is 12.1 Å². The Hall–Kier alpha value is -0.610. The smallest absolute Gasteiger partial charge is 0.0885 e. The Labute approximate surface area is 114 Å². The summed E-state index contributed by atoms with van der Waals surface area (Å²) in [5, 5.41) is 0.740. The Morgan fingerprint density at radius 2 is 1.83 bits per heavy atom. The minimum atomic E-state index is -0.194. The molecular weight excluding hydrogens is 248 g/mol. The number of hydrazine groups is 1. The molecule has 18 heavy (non-hydrogen) atoms. The van der Waals surface area contributed by atoms with Crippen molar-refractivity contribution in [3.63, 3.8) is 0 Å². The number of rotatable bonds is 4. The molecule has 0 heterocycles. The molecule has 2 rings (SSSR count). The van der Waals surface area contributed by atoms with E-state index >= 15 is 0 Å². The molecule has 1 atom stereocenters. The molecule has 0 aliphatic heterocycles. The van der Waals surface area contributed by atoms with E-state index in [1.807, 2.05) is 24.3 Å².